The number of hydrogen-bond donors (Lipinski definition) is 0. The van der Waals surface area contributed by atoms with Crippen molar-refractivity contribution in [3.63, 3.8) is 0 Å². The highest BCUT2D eigenvalue weighted by Gasteiger charge is 2.30. The van der Waals surface area contributed by atoms with E-state index >= 15 is 0 Å². The molecule has 0 N–H and O–H groups in total. The van der Waals surface area contributed by atoms with E-state index in [4.69, 9.17) is 4.74 Å². The fraction of sp³-hybridized carbons (Fsp3) is 0.818. The number of thioether (sulfide) groups is 1. The van der Waals surface area contributed by atoms with Crippen molar-refractivity contribution in [2.24, 2.45) is 0 Å². The van der Waals surface area contributed by atoms with Crippen molar-refractivity contribution in [2.45, 2.75) is 26.0 Å². The van der Waals surface area contributed by atoms with Gasteiger partial charge in [-0.25, -0.2) is 0 Å². The quantitative estimate of drug-likeness (QED) is 0.735. The second-order valence-corrected chi connectivity index (χ2v) is 5.62. The molecule has 96 valence electrons. The summed E-state index contributed by atoms with van der Waals surface area (Å²) >= 11 is 1.29. The van der Waals surface area contributed by atoms with Crippen LogP contribution in [0.25, 0.3) is 0 Å². The first-order valence-corrected chi connectivity index (χ1v) is 6.89. The van der Waals surface area contributed by atoms with E-state index < -0.39 is 0 Å². The smallest absolute Gasteiger partial charge is 0.282 e. The van der Waals surface area contributed by atoms with Gasteiger partial charge in [0.15, 0.2) is 0 Å². The number of ether oxygens (including phenoxy) is 1. The van der Waals surface area contributed by atoms with Crippen molar-refractivity contribution in [2.75, 3.05) is 32.0 Å². The minimum absolute atomic E-state index is 0.0207. The Hall–Kier alpha value is -0.750. The zero-order chi connectivity index (χ0) is 12.4. The molecule has 0 saturated carbocycles. The Balaban J connectivity index is 1.92. The monoisotopic (exact) mass is 258 g/mol. The topological polar surface area (TPSA) is 49.9 Å². The zero-order valence-electron chi connectivity index (χ0n) is 10.2. The lowest BCUT2D eigenvalue weighted by atomic mass is 10.2. The van der Waals surface area contributed by atoms with Crippen LogP contribution >= 0.6 is 11.8 Å². The van der Waals surface area contributed by atoms with E-state index in [0.717, 1.165) is 5.75 Å². The molecule has 5 nitrogen and oxygen atoms in total. The number of rotatable bonds is 2. The van der Waals surface area contributed by atoms with Crippen molar-refractivity contribution >= 4 is 22.9 Å². The van der Waals surface area contributed by atoms with Gasteiger partial charge in [-0.3, -0.25) is 9.59 Å². The van der Waals surface area contributed by atoms with E-state index in [-0.39, 0.29) is 29.8 Å². The summed E-state index contributed by atoms with van der Waals surface area (Å²) in [4.78, 5) is 27.0. The Morgan fingerprint density at radius 1 is 1.53 bits per heavy atom. The van der Waals surface area contributed by atoms with Gasteiger partial charge in [0.25, 0.3) is 5.24 Å². The third-order valence-corrected chi connectivity index (χ3v) is 3.99. The minimum Gasteiger partial charge on any atom is -0.375 e. The molecule has 0 bridgehead atoms. The molecule has 2 fully saturated rings. The predicted octanol–water partition coefficient (Wildman–Crippen LogP) is 0.791. The lowest BCUT2D eigenvalue weighted by molar-refractivity contribution is -0.143. The molecule has 17 heavy (non-hydrogen) atoms. The van der Waals surface area contributed by atoms with E-state index in [1.807, 2.05) is 18.7 Å². The van der Waals surface area contributed by atoms with Crippen LogP contribution in [-0.4, -0.2) is 65.1 Å². The average Bonchev–Trinajstić information content (AvgIpc) is 2.68. The molecule has 0 unspecified atom stereocenters. The maximum absolute atomic E-state index is 12.1. The Morgan fingerprint density at radius 3 is 2.94 bits per heavy atom. The van der Waals surface area contributed by atoms with Gasteiger partial charge in [-0.15, -0.1) is 0 Å². The van der Waals surface area contributed by atoms with Gasteiger partial charge in [0, 0.05) is 18.8 Å². The van der Waals surface area contributed by atoms with Crippen molar-refractivity contribution in [1.82, 2.24) is 9.80 Å². The molecule has 0 aromatic carbocycles. The molecule has 2 aliphatic rings. The lowest BCUT2D eigenvalue weighted by Crippen LogP contribution is -2.53. The summed E-state index contributed by atoms with van der Waals surface area (Å²) in [5.41, 5.74) is 0. The van der Waals surface area contributed by atoms with Gasteiger partial charge < -0.3 is 14.5 Å². The zero-order valence-corrected chi connectivity index (χ0v) is 11.0. The summed E-state index contributed by atoms with van der Waals surface area (Å²) in [6, 6.07) is 0.101. The van der Waals surface area contributed by atoms with Gasteiger partial charge in [0.2, 0.25) is 5.91 Å². The lowest BCUT2D eigenvalue weighted by Gasteiger charge is -2.37. The Labute approximate surface area is 105 Å². The number of amides is 2. The van der Waals surface area contributed by atoms with Crippen LogP contribution in [0.4, 0.5) is 4.79 Å². The molecular weight excluding hydrogens is 240 g/mol. The molecule has 0 aliphatic carbocycles. The SMILES string of the molecule is C[C@@H]1CO[C@@H](C)CN1C(=O)CN1CCSC1=O. The summed E-state index contributed by atoms with van der Waals surface area (Å²) in [5, 5.41) is 0.0207. The normalized spacial score (nSPS) is 29.9. The molecular formula is C11H18N2O3S. The largest absolute Gasteiger partial charge is 0.375 e. The fourth-order valence-electron chi connectivity index (χ4n) is 2.07. The van der Waals surface area contributed by atoms with E-state index in [1.54, 1.807) is 4.90 Å². The molecule has 2 atom stereocenters. The number of carbonyl (C=O) groups excluding carboxylic acids is 2. The van der Waals surface area contributed by atoms with Gasteiger partial charge in [0.05, 0.1) is 18.8 Å². The van der Waals surface area contributed by atoms with Gasteiger partial charge >= 0.3 is 0 Å². The molecule has 0 radical (unpaired) electrons. The minimum atomic E-state index is 0.0207. The number of morpholine rings is 1. The molecule has 0 spiro atoms. The van der Waals surface area contributed by atoms with Crippen LogP contribution in [-0.2, 0) is 9.53 Å². The number of carbonyl (C=O) groups is 2. The van der Waals surface area contributed by atoms with Crippen molar-refractivity contribution in [3.05, 3.63) is 0 Å². The Bertz CT molecular complexity index is 324. The highest BCUT2D eigenvalue weighted by molar-refractivity contribution is 8.13. The second-order valence-electron chi connectivity index (χ2n) is 4.57. The molecule has 2 rings (SSSR count). The van der Waals surface area contributed by atoms with Crippen LogP contribution in [0.15, 0.2) is 0 Å². The van der Waals surface area contributed by atoms with Crippen molar-refractivity contribution in [3.8, 4) is 0 Å². The van der Waals surface area contributed by atoms with Gasteiger partial charge in [-0.05, 0) is 13.8 Å². The van der Waals surface area contributed by atoms with Gasteiger partial charge in [-0.1, -0.05) is 11.8 Å². The molecule has 0 aromatic heterocycles. The number of nitrogens with zero attached hydrogens (tertiary/aromatic N) is 2. The van der Waals surface area contributed by atoms with Crippen LogP contribution in [0, 0.1) is 0 Å². The van der Waals surface area contributed by atoms with Crippen LogP contribution in [0.3, 0.4) is 0 Å². The maximum Gasteiger partial charge on any atom is 0.282 e. The predicted molar refractivity (Wildman–Crippen MR) is 66.0 cm³/mol. The van der Waals surface area contributed by atoms with Crippen LogP contribution < -0.4 is 0 Å². The average molecular weight is 258 g/mol. The van der Waals surface area contributed by atoms with Gasteiger partial charge in [0.1, 0.15) is 6.54 Å². The standard InChI is InChI=1S/C11H18N2O3S/c1-8-7-16-9(2)5-13(8)10(14)6-12-3-4-17-11(12)15/h8-9H,3-7H2,1-2H3/t8-,9+/m1/s1. The maximum atomic E-state index is 12.1. The summed E-state index contributed by atoms with van der Waals surface area (Å²) in [5.74, 6) is 0.824. The highest BCUT2D eigenvalue weighted by atomic mass is 32.2. The summed E-state index contributed by atoms with van der Waals surface area (Å²) in [7, 11) is 0. The Morgan fingerprint density at radius 2 is 2.29 bits per heavy atom. The molecule has 6 heteroatoms. The highest BCUT2D eigenvalue weighted by Crippen LogP contribution is 2.18. The fourth-order valence-corrected chi connectivity index (χ4v) is 2.90. The van der Waals surface area contributed by atoms with Crippen LogP contribution in [0.2, 0.25) is 0 Å². The van der Waals surface area contributed by atoms with Crippen molar-refractivity contribution < 1.29 is 14.3 Å². The molecule has 2 amide bonds. The van der Waals surface area contributed by atoms with E-state index in [2.05, 4.69) is 0 Å². The molecule has 2 heterocycles. The molecule has 2 aliphatic heterocycles. The van der Waals surface area contributed by atoms with Crippen LogP contribution in [0.1, 0.15) is 13.8 Å². The molecule has 0 aromatic rings. The molecule has 2 saturated heterocycles. The summed E-state index contributed by atoms with van der Waals surface area (Å²) in [6.45, 7) is 6.03. The first kappa shape index (κ1) is 12.7. The summed E-state index contributed by atoms with van der Waals surface area (Å²) < 4.78 is 5.48. The Kier molecular flexibility index (Phi) is 3.93. The first-order chi connectivity index (χ1) is 8.08. The van der Waals surface area contributed by atoms with E-state index in [9.17, 15) is 9.59 Å². The first-order valence-electron chi connectivity index (χ1n) is 5.90. The van der Waals surface area contributed by atoms with E-state index in [0.29, 0.717) is 19.7 Å². The third-order valence-electron chi connectivity index (χ3n) is 3.10. The van der Waals surface area contributed by atoms with Gasteiger partial charge in [-0.2, -0.15) is 0 Å². The van der Waals surface area contributed by atoms with Crippen LogP contribution in [0.5, 0.6) is 0 Å². The van der Waals surface area contributed by atoms with Crippen molar-refractivity contribution in [1.29, 1.82) is 0 Å². The summed E-state index contributed by atoms with van der Waals surface area (Å²) in [6.07, 6.45) is 0.0822. The van der Waals surface area contributed by atoms with E-state index in [1.165, 1.54) is 11.8 Å². The third kappa shape index (κ3) is 2.93. The number of hydrogen-bond acceptors (Lipinski definition) is 4. The second kappa shape index (κ2) is 5.27.